The van der Waals surface area contributed by atoms with E-state index in [1.54, 1.807) is 26.0 Å². The van der Waals surface area contributed by atoms with Crippen molar-refractivity contribution < 1.29 is 19.0 Å². The van der Waals surface area contributed by atoms with Gasteiger partial charge >= 0.3 is 0 Å². The zero-order chi connectivity index (χ0) is 22.0. The zero-order valence-electron chi connectivity index (χ0n) is 18.1. The van der Waals surface area contributed by atoms with Crippen molar-refractivity contribution in [1.29, 1.82) is 0 Å². The summed E-state index contributed by atoms with van der Waals surface area (Å²) in [5.74, 6) is -0.159. The van der Waals surface area contributed by atoms with Crippen LogP contribution in [0.15, 0.2) is 23.2 Å². The van der Waals surface area contributed by atoms with Crippen LogP contribution in [0.4, 0.5) is 4.39 Å². The van der Waals surface area contributed by atoms with Crippen molar-refractivity contribution in [1.82, 2.24) is 20.9 Å². The van der Waals surface area contributed by atoms with Gasteiger partial charge in [0.2, 0.25) is 0 Å². The first-order valence-electron chi connectivity index (χ1n) is 10.4. The Bertz CT molecular complexity index is 721. The monoisotopic (exact) mass is 423 g/mol. The predicted molar refractivity (Wildman–Crippen MR) is 115 cm³/mol. The topological polar surface area (TPSA) is 98.2 Å². The number of aliphatic hydroxyl groups is 1. The Morgan fingerprint density at radius 2 is 1.97 bits per heavy atom. The van der Waals surface area contributed by atoms with E-state index >= 15 is 0 Å². The molecule has 1 aliphatic heterocycles. The summed E-state index contributed by atoms with van der Waals surface area (Å²) in [6.45, 7) is 10.6. The van der Waals surface area contributed by atoms with E-state index in [0.29, 0.717) is 50.9 Å². The maximum atomic E-state index is 13.6. The van der Waals surface area contributed by atoms with Gasteiger partial charge in [-0.2, -0.15) is 0 Å². The lowest BCUT2D eigenvalue weighted by molar-refractivity contribution is -0.0180. The molecule has 1 atom stereocenters. The Morgan fingerprint density at radius 1 is 1.27 bits per heavy atom. The van der Waals surface area contributed by atoms with Crippen molar-refractivity contribution in [2.75, 3.05) is 59.0 Å². The Hall–Kier alpha value is -2.23. The molecule has 0 spiro atoms. The molecule has 1 aromatic carbocycles. The summed E-state index contributed by atoms with van der Waals surface area (Å²) < 4.78 is 18.9. The number of aliphatic imine (C=N–C) groups is 1. The van der Waals surface area contributed by atoms with Gasteiger partial charge < -0.3 is 25.8 Å². The number of β-amino-alcohol motifs (C(OH)–C–C–N with tert-alkyl or cyclic N) is 1. The van der Waals surface area contributed by atoms with Crippen LogP contribution in [-0.2, 0) is 4.74 Å². The molecule has 1 fully saturated rings. The highest BCUT2D eigenvalue weighted by Gasteiger charge is 2.25. The number of carbonyl (C=O) groups excluding carboxylic acids is 1. The van der Waals surface area contributed by atoms with Gasteiger partial charge in [-0.3, -0.25) is 14.7 Å². The third-order valence-electron chi connectivity index (χ3n) is 4.73. The van der Waals surface area contributed by atoms with Crippen LogP contribution < -0.4 is 16.0 Å². The minimum absolute atomic E-state index is 0.245. The third-order valence-corrected chi connectivity index (χ3v) is 4.73. The number of guanidine groups is 1. The van der Waals surface area contributed by atoms with Crippen LogP contribution in [0, 0.1) is 12.7 Å². The first kappa shape index (κ1) is 24.0. The van der Waals surface area contributed by atoms with Crippen LogP contribution >= 0.6 is 0 Å². The number of hydrogen-bond acceptors (Lipinski definition) is 5. The van der Waals surface area contributed by atoms with E-state index in [-0.39, 0.29) is 18.0 Å². The van der Waals surface area contributed by atoms with Gasteiger partial charge in [0.1, 0.15) is 5.82 Å². The maximum Gasteiger partial charge on any atom is 0.251 e. The number of carbonyl (C=O) groups is 1. The molecule has 1 heterocycles. The standard InChI is InChI=1S/C21H34FN5O3/c1-4-23-20(26-14-21(3,29)15-27-9-11-30-12-10-27)25-8-7-24-19(28)17-6-5-16(2)18(22)13-17/h5-6,13,29H,4,7-12,14-15H2,1-3H3,(H,24,28)(H2,23,25,26). The van der Waals surface area contributed by atoms with Crippen LogP contribution in [-0.4, -0.2) is 86.5 Å². The van der Waals surface area contributed by atoms with Crippen molar-refractivity contribution in [3.05, 3.63) is 35.1 Å². The van der Waals surface area contributed by atoms with Gasteiger partial charge in [0.25, 0.3) is 5.91 Å². The molecule has 0 aromatic heterocycles. The zero-order valence-corrected chi connectivity index (χ0v) is 18.1. The molecule has 8 nitrogen and oxygen atoms in total. The third kappa shape index (κ3) is 8.25. The second-order valence-corrected chi connectivity index (χ2v) is 7.73. The van der Waals surface area contributed by atoms with E-state index in [1.165, 1.54) is 6.07 Å². The number of halogens is 1. The second-order valence-electron chi connectivity index (χ2n) is 7.73. The second kappa shape index (κ2) is 11.8. The van der Waals surface area contributed by atoms with Gasteiger partial charge in [-0.05, 0) is 38.5 Å². The molecule has 168 valence electrons. The Kier molecular flexibility index (Phi) is 9.48. The molecule has 2 rings (SSSR count). The number of ether oxygens (including phenoxy) is 1. The highest BCUT2D eigenvalue weighted by molar-refractivity contribution is 5.94. The van der Waals surface area contributed by atoms with E-state index in [0.717, 1.165) is 13.1 Å². The number of nitrogens with zero attached hydrogens (tertiary/aromatic N) is 2. The fourth-order valence-electron chi connectivity index (χ4n) is 3.08. The van der Waals surface area contributed by atoms with E-state index in [1.807, 2.05) is 6.92 Å². The van der Waals surface area contributed by atoms with Gasteiger partial charge in [0, 0.05) is 44.8 Å². The molecule has 1 aromatic rings. The van der Waals surface area contributed by atoms with Crippen LogP contribution in [0.1, 0.15) is 29.8 Å². The molecule has 0 bridgehead atoms. The number of amides is 1. The molecular weight excluding hydrogens is 389 g/mol. The van der Waals surface area contributed by atoms with E-state index in [4.69, 9.17) is 4.74 Å². The molecule has 1 amide bonds. The number of rotatable bonds is 9. The first-order chi connectivity index (χ1) is 14.3. The van der Waals surface area contributed by atoms with Crippen LogP contribution in [0.5, 0.6) is 0 Å². The lowest BCUT2D eigenvalue weighted by atomic mass is 10.1. The molecule has 9 heteroatoms. The summed E-state index contributed by atoms with van der Waals surface area (Å²) in [5, 5.41) is 19.7. The summed E-state index contributed by atoms with van der Waals surface area (Å²) in [6.07, 6.45) is 0. The highest BCUT2D eigenvalue weighted by atomic mass is 19.1. The predicted octanol–water partition coefficient (Wildman–Crippen LogP) is 0.502. The van der Waals surface area contributed by atoms with E-state index < -0.39 is 11.4 Å². The molecule has 1 aliphatic rings. The van der Waals surface area contributed by atoms with Gasteiger partial charge in [0.05, 0.1) is 25.4 Å². The normalized spacial score (nSPS) is 17.3. The lowest BCUT2D eigenvalue weighted by Crippen LogP contribution is -2.48. The molecule has 0 saturated carbocycles. The largest absolute Gasteiger partial charge is 0.387 e. The molecule has 1 saturated heterocycles. The minimum atomic E-state index is -0.955. The Balaban J connectivity index is 1.78. The minimum Gasteiger partial charge on any atom is -0.387 e. The van der Waals surface area contributed by atoms with Gasteiger partial charge in [0.15, 0.2) is 5.96 Å². The summed E-state index contributed by atoms with van der Waals surface area (Å²) in [5.41, 5.74) is -0.161. The molecule has 30 heavy (non-hydrogen) atoms. The summed E-state index contributed by atoms with van der Waals surface area (Å²) in [7, 11) is 0. The average Bonchev–Trinajstić information content (AvgIpc) is 2.71. The average molecular weight is 424 g/mol. The van der Waals surface area contributed by atoms with Gasteiger partial charge in [-0.1, -0.05) is 6.07 Å². The number of benzene rings is 1. The SMILES string of the molecule is CCNC(=NCC(C)(O)CN1CCOCC1)NCCNC(=O)c1ccc(C)c(F)c1. The molecule has 0 radical (unpaired) electrons. The summed E-state index contributed by atoms with van der Waals surface area (Å²) >= 11 is 0. The number of aryl methyl sites for hydroxylation is 1. The van der Waals surface area contributed by atoms with Crippen molar-refractivity contribution in [2.24, 2.45) is 4.99 Å². The number of morpholine rings is 1. The summed E-state index contributed by atoms with van der Waals surface area (Å²) in [6, 6.07) is 4.42. The first-order valence-corrected chi connectivity index (χ1v) is 10.4. The van der Waals surface area contributed by atoms with Crippen molar-refractivity contribution in [2.45, 2.75) is 26.4 Å². The Labute approximate surface area is 177 Å². The molecule has 1 unspecified atom stereocenters. The van der Waals surface area contributed by atoms with Crippen LogP contribution in [0.2, 0.25) is 0 Å². The smallest absolute Gasteiger partial charge is 0.251 e. The van der Waals surface area contributed by atoms with Crippen LogP contribution in [0.3, 0.4) is 0 Å². The van der Waals surface area contributed by atoms with Crippen molar-refractivity contribution in [3.63, 3.8) is 0 Å². The van der Waals surface area contributed by atoms with Gasteiger partial charge in [-0.25, -0.2) is 4.39 Å². The number of nitrogens with one attached hydrogen (secondary N) is 3. The lowest BCUT2D eigenvalue weighted by Gasteiger charge is -2.33. The quantitative estimate of drug-likeness (QED) is 0.262. The fraction of sp³-hybridized carbons (Fsp3) is 0.619. The van der Waals surface area contributed by atoms with Gasteiger partial charge in [-0.15, -0.1) is 0 Å². The highest BCUT2D eigenvalue weighted by Crippen LogP contribution is 2.10. The Morgan fingerprint density at radius 3 is 2.63 bits per heavy atom. The molecule has 4 N–H and O–H groups in total. The summed E-state index contributed by atoms with van der Waals surface area (Å²) in [4.78, 5) is 18.8. The molecular formula is C21H34FN5O3. The van der Waals surface area contributed by atoms with Crippen molar-refractivity contribution >= 4 is 11.9 Å². The molecule has 0 aliphatic carbocycles. The van der Waals surface area contributed by atoms with E-state index in [9.17, 15) is 14.3 Å². The number of hydrogen-bond donors (Lipinski definition) is 4. The van der Waals surface area contributed by atoms with Crippen molar-refractivity contribution in [3.8, 4) is 0 Å². The van der Waals surface area contributed by atoms with E-state index in [2.05, 4.69) is 25.8 Å². The maximum absolute atomic E-state index is 13.6. The fourth-order valence-corrected chi connectivity index (χ4v) is 3.08. The van der Waals surface area contributed by atoms with Crippen LogP contribution in [0.25, 0.3) is 0 Å².